The summed E-state index contributed by atoms with van der Waals surface area (Å²) in [5, 5.41) is 3.21. The third-order valence-electron chi connectivity index (χ3n) is 8.32. The van der Waals surface area contributed by atoms with Crippen LogP contribution < -0.4 is 5.32 Å². The van der Waals surface area contributed by atoms with Gasteiger partial charge in [0, 0.05) is 30.1 Å². The van der Waals surface area contributed by atoms with Crippen molar-refractivity contribution in [1.29, 1.82) is 0 Å². The van der Waals surface area contributed by atoms with E-state index in [0.29, 0.717) is 17.9 Å². The molecule has 0 unspecified atom stereocenters. The van der Waals surface area contributed by atoms with E-state index in [2.05, 4.69) is 42.4 Å². The molecule has 6 rings (SSSR count). The average Bonchev–Trinajstić information content (AvgIpc) is 3.08. The molecule has 1 amide bonds. The highest BCUT2D eigenvalue weighted by Crippen LogP contribution is 2.73. The monoisotopic (exact) mass is 324 g/mol. The van der Waals surface area contributed by atoms with Crippen LogP contribution in [0, 0.1) is 23.2 Å². The summed E-state index contributed by atoms with van der Waals surface area (Å²) in [6, 6.07) is 8.82. The van der Waals surface area contributed by atoms with E-state index in [1.54, 1.807) is 0 Å². The number of anilines is 1. The number of nitrogens with zero attached hydrogens (tertiary/aromatic N) is 1. The van der Waals surface area contributed by atoms with Crippen molar-refractivity contribution < 1.29 is 9.53 Å². The third kappa shape index (κ3) is 1.16. The van der Waals surface area contributed by atoms with Crippen molar-refractivity contribution in [2.24, 2.45) is 23.2 Å². The lowest BCUT2D eigenvalue weighted by atomic mass is 9.50. The summed E-state index contributed by atoms with van der Waals surface area (Å²) < 4.78 is 6.37. The number of rotatable bonds is 1. The van der Waals surface area contributed by atoms with Gasteiger partial charge in [-0.25, -0.2) is 0 Å². The minimum absolute atomic E-state index is 0.0450. The molecule has 3 aliphatic heterocycles. The standard InChI is InChI=1S/C20H24N2O2/c1-3-19-10-22(2)16-11-9-24-15(8-13(11)19)20(17(16)19)12-6-4-5-7-14(12)21-18(20)23/h4-7,11,13,15-17H,3,8-10H2,1-2H3,(H,21,23)/t11-,13+,15-,16+,17-,19-,20-/m0/s1. The largest absolute Gasteiger partial charge is 0.376 e. The number of likely N-dealkylation sites (tertiary alicyclic amines) is 1. The molecule has 4 heteroatoms. The van der Waals surface area contributed by atoms with Crippen LogP contribution in [0.4, 0.5) is 5.69 Å². The number of hydrogen-bond donors (Lipinski definition) is 1. The first kappa shape index (κ1) is 13.9. The average molecular weight is 324 g/mol. The van der Waals surface area contributed by atoms with Crippen LogP contribution in [0.15, 0.2) is 24.3 Å². The number of piperidine rings is 1. The summed E-state index contributed by atoms with van der Waals surface area (Å²) >= 11 is 0. The van der Waals surface area contributed by atoms with Gasteiger partial charge < -0.3 is 15.0 Å². The maximum atomic E-state index is 13.5. The molecule has 2 saturated heterocycles. The first-order valence-electron chi connectivity index (χ1n) is 9.37. The van der Waals surface area contributed by atoms with Gasteiger partial charge in [0.15, 0.2) is 0 Å². The van der Waals surface area contributed by atoms with Crippen molar-refractivity contribution in [2.45, 2.75) is 37.3 Å². The Bertz CT molecular complexity index is 764. The Morgan fingerprint density at radius 1 is 1.38 bits per heavy atom. The van der Waals surface area contributed by atoms with Gasteiger partial charge in [0.1, 0.15) is 5.41 Å². The molecule has 1 aromatic carbocycles. The second-order valence-corrected chi connectivity index (χ2v) is 8.67. The number of nitrogens with one attached hydrogen (secondary N) is 1. The zero-order valence-electron chi connectivity index (χ0n) is 14.3. The SMILES string of the molecule is CC[C@]12CN(C)[C@@H]3[C@H]4CO[C@@H](C[C@H]41)[C@]1(C(=O)Nc4ccccc41)[C@@H]32. The first-order chi connectivity index (χ1) is 11.6. The van der Waals surface area contributed by atoms with Crippen LogP contribution >= 0.6 is 0 Å². The molecule has 1 aromatic rings. The van der Waals surface area contributed by atoms with Crippen LogP contribution in [0.25, 0.3) is 0 Å². The number of ether oxygens (including phenoxy) is 1. The molecule has 1 N–H and O–H groups in total. The Kier molecular flexibility index (Phi) is 2.34. The van der Waals surface area contributed by atoms with Gasteiger partial charge in [-0.1, -0.05) is 25.1 Å². The number of benzene rings is 1. The normalized spacial score (nSPS) is 50.6. The molecule has 5 aliphatic rings. The van der Waals surface area contributed by atoms with Crippen LogP contribution in [0.1, 0.15) is 25.3 Å². The number of fused-ring (bicyclic) bond motifs is 5. The molecule has 2 aliphatic carbocycles. The minimum atomic E-state index is -0.482. The molecular formula is C20H24N2O2. The molecule has 4 nitrogen and oxygen atoms in total. The predicted molar refractivity (Wildman–Crippen MR) is 90.7 cm³/mol. The maximum Gasteiger partial charge on any atom is 0.238 e. The Labute approximate surface area is 142 Å². The van der Waals surface area contributed by atoms with E-state index < -0.39 is 5.41 Å². The van der Waals surface area contributed by atoms with Gasteiger partial charge in [-0.2, -0.15) is 0 Å². The number of amides is 1. The summed E-state index contributed by atoms with van der Waals surface area (Å²) in [6.07, 6.45) is 2.27. The summed E-state index contributed by atoms with van der Waals surface area (Å²) in [7, 11) is 2.26. The van der Waals surface area contributed by atoms with Crippen molar-refractivity contribution in [3.8, 4) is 0 Å². The summed E-state index contributed by atoms with van der Waals surface area (Å²) in [4.78, 5) is 16.0. The van der Waals surface area contributed by atoms with E-state index in [4.69, 9.17) is 4.74 Å². The Balaban J connectivity index is 1.67. The van der Waals surface area contributed by atoms with E-state index in [9.17, 15) is 4.79 Å². The lowest BCUT2D eigenvalue weighted by Crippen LogP contribution is -2.62. The van der Waals surface area contributed by atoms with Crippen LogP contribution in [0.2, 0.25) is 0 Å². The zero-order chi connectivity index (χ0) is 16.3. The summed E-state index contributed by atoms with van der Waals surface area (Å²) in [6.45, 7) is 4.32. The Hall–Kier alpha value is -1.39. The number of carbonyl (C=O) groups excluding carboxylic acids is 1. The van der Waals surface area contributed by atoms with Gasteiger partial charge in [0.2, 0.25) is 5.91 Å². The molecule has 126 valence electrons. The third-order valence-corrected chi connectivity index (χ3v) is 8.32. The molecule has 0 radical (unpaired) electrons. The molecule has 24 heavy (non-hydrogen) atoms. The summed E-state index contributed by atoms with van der Waals surface area (Å²) in [5.74, 6) is 1.92. The van der Waals surface area contributed by atoms with Crippen molar-refractivity contribution in [3.63, 3.8) is 0 Å². The molecular weight excluding hydrogens is 300 g/mol. The Morgan fingerprint density at radius 3 is 3.04 bits per heavy atom. The first-order valence-corrected chi connectivity index (χ1v) is 9.37. The van der Waals surface area contributed by atoms with Gasteiger partial charge in [0.25, 0.3) is 0 Å². The molecule has 2 saturated carbocycles. The van der Waals surface area contributed by atoms with E-state index >= 15 is 0 Å². The van der Waals surface area contributed by atoms with Crippen molar-refractivity contribution >= 4 is 11.6 Å². The predicted octanol–water partition coefficient (Wildman–Crippen LogP) is 2.25. The maximum absolute atomic E-state index is 13.5. The quantitative estimate of drug-likeness (QED) is 0.861. The fourth-order valence-corrected chi connectivity index (χ4v) is 7.76. The van der Waals surface area contributed by atoms with Gasteiger partial charge in [0.05, 0.1) is 12.7 Å². The topological polar surface area (TPSA) is 41.6 Å². The molecule has 7 atom stereocenters. The van der Waals surface area contributed by atoms with Crippen molar-refractivity contribution in [1.82, 2.24) is 4.90 Å². The van der Waals surface area contributed by atoms with Crippen LogP contribution in [-0.4, -0.2) is 43.2 Å². The molecule has 4 fully saturated rings. The zero-order valence-corrected chi connectivity index (χ0v) is 14.3. The van der Waals surface area contributed by atoms with Crippen LogP contribution in [0.5, 0.6) is 0 Å². The number of para-hydroxylation sites is 1. The highest BCUT2D eigenvalue weighted by Gasteiger charge is 2.79. The van der Waals surface area contributed by atoms with E-state index in [-0.39, 0.29) is 17.4 Å². The van der Waals surface area contributed by atoms with Gasteiger partial charge in [-0.05, 0) is 42.9 Å². The van der Waals surface area contributed by atoms with E-state index in [0.717, 1.165) is 31.2 Å². The fourth-order valence-electron chi connectivity index (χ4n) is 7.76. The molecule has 5 bridgehead atoms. The smallest absolute Gasteiger partial charge is 0.238 e. The molecule has 0 aromatic heterocycles. The van der Waals surface area contributed by atoms with E-state index in [1.807, 2.05) is 6.07 Å². The van der Waals surface area contributed by atoms with Gasteiger partial charge >= 0.3 is 0 Å². The Morgan fingerprint density at radius 2 is 2.21 bits per heavy atom. The lowest BCUT2D eigenvalue weighted by molar-refractivity contribution is -0.161. The van der Waals surface area contributed by atoms with Crippen molar-refractivity contribution in [2.75, 3.05) is 25.5 Å². The van der Waals surface area contributed by atoms with Crippen LogP contribution in [-0.2, 0) is 14.9 Å². The molecule has 3 heterocycles. The highest BCUT2D eigenvalue weighted by molar-refractivity contribution is 6.07. The van der Waals surface area contributed by atoms with Crippen molar-refractivity contribution in [3.05, 3.63) is 29.8 Å². The second kappa shape index (κ2) is 4.05. The van der Waals surface area contributed by atoms with E-state index in [1.165, 1.54) is 12.0 Å². The van der Waals surface area contributed by atoms with Crippen LogP contribution in [0.3, 0.4) is 0 Å². The second-order valence-electron chi connectivity index (χ2n) is 8.67. The van der Waals surface area contributed by atoms with Gasteiger partial charge in [-0.3, -0.25) is 4.79 Å². The highest BCUT2D eigenvalue weighted by atomic mass is 16.5. The number of carbonyl (C=O) groups is 1. The minimum Gasteiger partial charge on any atom is -0.376 e. The fraction of sp³-hybridized carbons (Fsp3) is 0.650. The number of hydrogen-bond acceptors (Lipinski definition) is 3. The van der Waals surface area contributed by atoms with Gasteiger partial charge in [-0.15, -0.1) is 0 Å². The lowest BCUT2D eigenvalue weighted by Gasteiger charge is -2.55. The summed E-state index contributed by atoms with van der Waals surface area (Å²) in [5.41, 5.74) is 2.00. The molecule has 1 spiro atoms.